The van der Waals surface area contributed by atoms with E-state index in [2.05, 4.69) is 5.32 Å². The van der Waals surface area contributed by atoms with E-state index in [9.17, 15) is 18.0 Å². The van der Waals surface area contributed by atoms with Gasteiger partial charge in [-0.25, -0.2) is 4.79 Å². The molecule has 1 aromatic rings. The van der Waals surface area contributed by atoms with Crippen molar-refractivity contribution in [1.82, 2.24) is 0 Å². The molecular formula is C14H14F3NO3. The van der Waals surface area contributed by atoms with Gasteiger partial charge in [0.25, 0.3) is 0 Å². The highest BCUT2D eigenvalue weighted by molar-refractivity contribution is 5.94. The highest BCUT2D eigenvalue weighted by Crippen LogP contribution is 2.37. The maximum Gasteiger partial charge on any atom is 0.416 e. The van der Waals surface area contributed by atoms with Gasteiger partial charge in [-0.15, -0.1) is 0 Å². The minimum Gasteiger partial charge on any atom is -0.478 e. The third-order valence-corrected chi connectivity index (χ3v) is 4.02. The zero-order chi connectivity index (χ0) is 15.2. The minimum atomic E-state index is -4.56. The molecule has 2 bridgehead atoms. The van der Waals surface area contributed by atoms with Gasteiger partial charge in [-0.05, 0) is 37.5 Å². The van der Waals surface area contributed by atoms with Crippen molar-refractivity contribution in [1.29, 1.82) is 0 Å². The lowest BCUT2D eigenvalue weighted by Gasteiger charge is -2.22. The van der Waals surface area contributed by atoms with Gasteiger partial charge >= 0.3 is 12.1 Å². The lowest BCUT2D eigenvalue weighted by molar-refractivity contribution is -0.137. The highest BCUT2D eigenvalue weighted by atomic mass is 19.4. The fraction of sp³-hybridized carbons (Fsp3) is 0.500. The summed E-state index contributed by atoms with van der Waals surface area (Å²) in [5.74, 6) is -1.38. The number of ether oxygens (including phenoxy) is 1. The van der Waals surface area contributed by atoms with Crippen LogP contribution in [0, 0.1) is 0 Å². The van der Waals surface area contributed by atoms with Crippen LogP contribution >= 0.6 is 0 Å². The Bertz CT molecular complexity index is 573. The van der Waals surface area contributed by atoms with E-state index >= 15 is 0 Å². The largest absolute Gasteiger partial charge is 0.478 e. The Morgan fingerprint density at radius 1 is 1.33 bits per heavy atom. The number of aromatic carboxylic acids is 1. The molecule has 7 heteroatoms. The molecule has 0 aliphatic carbocycles. The molecule has 21 heavy (non-hydrogen) atoms. The number of carboxylic acid groups (broad SMARTS) is 1. The summed E-state index contributed by atoms with van der Waals surface area (Å²) in [6.07, 6.45) is -1.73. The van der Waals surface area contributed by atoms with Crippen molar-refractivity contribution in [2.75, 3.05) is 5.32 Å². The average molecular weight is 301 g/mol. The Balaban J connectivity index is 1.86. The molecule has 2 heterocycles. The second kappa shape index (κ2) is 4.91. The fourth-order valence-corrected chi connectivity index (χ4v) is 3.01. The minimum absolute atomic E-state index is 0.0129. The lowest BCUT2D eigenvalue weighted by Crippen LogP contribution is -2.31. The summed E-state index contributed by atoms with van der Waals surface area (Å²) in [4.78, 5) is 11.2. The Morgan fingerprint density at radius 2 is 2.10 bits per heavy atom. The second-order valence-electron chi connectivity index (χ2n) is 5.42. The number of carbonyl (C=O) groups is 1. The Labute approximate surface area is 118 Å². The molecule has 2 saturated heterocycles. The van der Waals surface area contributed by atoms with Crippen LogP contribution in [0.15, 0.2) is 18.2 Å². The molecule has 2 aliphatic rings. The van der Waals surface area contributed by atoms with Crippen molar-refractivity contribution in [2.45, 2.75) is 43.7 Å². The highest BCUT2D eigenvalue weighted by Gasteiger charge is 2.41. The average Bonchev–Trinajstić information content (AvgIpc) is 2.99. The number of anilines is 1. The number of benzene rings is 1. The first-order chi connectivity index (χ1) is 9.84. The zero-order valence-electron chi connectivity index (χ0n) is 11.0. The summed E-state index contributed by atoms with van der Waals surface area (Å²) in [5.41, 5.74) is -1.13. The van der Waals surface area contributed by atoms with Gasteiger partial charge in [0.2, 0.25) is 0 Å². The summed E-state index contributed by atoms with van der Waals surface area (Å²) in [6, 6.07) is 2.69. The van der Waals surface area contributed by atoms with Gasteiger partial charge in [0.05, 0.1) is 29.4 Å². The molecule has 0 spiro atoms. The van der Waals surface area contributed by atoms with Crippen LogP contribution in [0.3, 0.4) is 0 Å². The Hall–Kier alpha value is -1.76. The van der Waals surface area contributed by atoms with Crippen molar-refractivity contribution in [3.63, 3.8) is 0 Å². The van der Waals surface area contributed by atoms with Crippen molar-refractivity contribution in [2.24, 2.45) is 0 Å². The van der Waals surface area contributed by atoms with Gasteiger partial charge in [-0.2, -0.15) is 13.2 Å². The molecule has 0 saturated carbocycles. The normalized spacial score (nSPS) is 27.9. The first-order valence-corrected chi connectivity index (χ1v) is 6.71. The van der Waals surface area contributed by atoms with Gasteiger partial charge in [-0.1, -0.05) is 0 Å². The molecule has 3 unspecified atom stereocenters. The zero-order valence-corrected chi connectivity index (χ0v) is 11.0. The Kier molecular flexibility index (Phi) is 3.32. The van der Waals surface area contributed by atoms with E-state index in [4.69, 9.17) is 9.84 Å². The van der Waals surface area contributed by atoms with Crippen LogP contribution in [0.4, 0.5) is 18.9 Å². The van der Waals surface area contributed by atoms with Gasteiger partial charge in [0.1, 0.15) is 0 Å². The third kappa shape index (κ3) is 2.70. The van der Waals surface area contributed by atoms with E-state index in [1.807, 2.05) is 0 Å². The third-order valence-electron chi connectivity index (χ3n) is 4.02. The first-order valence-electron chi connectivity index (χ1n) is 6.71. The van der Waals surface area contributed by atoms with E-state index in [-0.39, 0.29) is 29.5 Å². The number of hydrogen-bond acceptors (Lipinski definition) is 3. The molecule has 2 fully saturated rings. The van der Waals surface area contributed by atoms with E-state index in [1.54, 1.807) is 0 Å². The SMILES string of the molecule is O=C(O)c1cc(C(F)(F)F)ccc1NC1CC2CCC1O2. The fourth-order valence-electron chi connectivity index (χ4n) is 3.01. The standard InChI is InChI=1S/C14H14F3NO3/c15-14(16,17)7-1-3-10(9(5-7)13(19)20)18-11-6-8-2-4-12(11)21-8/h1,3,5,8,11-12,18H,2,4,6H2,(H,19,20). The van der Waals surface area contributed by atoms with Crippen LogP contribution in [0.1, 0.15) is 35.2 Å². The summed E-state index contributed by atoms with van der Waals surface area (Å²) in [6.45, 7) is 0. The quantitative estimate of drug-likeness (QED) is 0.900. The number of halogens is 3. The topological polar surface area (TPSA) is 58.6 Å². The first kappa shape index (κ1) is 14.2. The van der Waals surface area contributed by atoms with Gasteiger partial charge < -0.3 is 15.2 Å². The lowest BCUT2D eigenvalue weighted by atomic mass is 9.95. The molecule has 114 valence electrons. The van der Waals surface area contributed by atoms with E-state index in [0.717, 1.165) is 25.3 Å². The van der Waals surface area contributed by atoms with Crippen LogP contribution in [-0.4, -0.2) is 29.3 Å². The summed E-state index contributed by atoms with van der Waals surface area (Å²) in [5, 5.41) is 12.2. The Morgan fingerprint density at radius 3 is 2.62 bits per heavy atom. The second-order valence-corrected chi connectivity index (χ2v) is 5.42. The maximum absolute atomic E-state index is 12.7. The van der Waals surface area contributed by atoms with Crippen molar-refractivity contribution < 1.29 is 27.8 Å². The van der Waals surface area contributed by atoms with Crippen LogP contribution in [-0.2, 0) is 10.9 Å². The van der Waals surface area contributed by atoms with Crippen LogP contribution in [0.25, 0.3) is 0 Å². The van der Waals surface area contributed by atoms with Gasteiger partial charge in [-0.3, -0.25) is 0 Å². The number of rotatable bonds is 3. The molecule has 0 radical (unpaired) electrons. The van der Waals surface area contributed by atoms with Gasteiger partial charge in [0, 0.05) is 5.69 Å². The van der Waals surface area contributed by atoms with Crippen LogP contribution < -0.4 is 5.32 Å². The molecule has 0 amide bonds. The van der Waals surface area contributed by atoms with Crippen molar-refractivity contribution in [3.8, 4) is 0 Å². The predicted octanol–water partition coefficient (Wildman–Crippen LogP) is 3.14. The summed E-state index contributed by atoms with van der Waals surface area (Å²) >= 11 is 0. The van der Waals surface area contributed by atoms with Crippen molar-refractivity contribution in [3.05, 3.63) is 29.3 Å². The maximum atomic E-state index is 12.7. The molecule has 2 N–H and O–H groups in total. The number of carboxylic acids is 1. The molecule has 1 aromatic carbocycles. The molecule has 3 atom stereocenters. The molecular weight excluding hydrogens is 287 g/mol. The monoisotopic (exact) mass is 301 g/mol. The van der Waals surface area contributed by atoms with Crippen LogP contribution in [0.5, 0.6) is 0 Å². The summed E-state index contributed by atoms with van der Waals surface area (Å²) < 4.78 is 43.6. The van der Waals surface area contributed by atoms with Crippen LogP contribution in [0.2, 0.25) is 0 Å². The molecule has 0 aromatic heterocycles. The number of nitrogens with one attached hydrogen (secondary N) is 1. The smallest absolute Gasteiger partial charge is 0.416 e. The number of alkyl halides is 3. The predicted molar refractivity (Wildman–Crippen MR) is 68.3 cm³/mol. The van der Waals surface area contributed by atoms with E-state index < -0.39 is 17.7 Å². The van der Waals surface area contributed by atoms with Crippen molar-refractivity contribution >= 4 is 11.7 Å². The number of hydrogen-bond donors (Lipinski definition) is 2. The molecule has 3 rings (SSSR count). The van der Waals surface area contributed by atoms with Gasteiger partial charge in [0.15, 0.2) is 0 Å². The van der Waals surface area contributed by atoms with E-state index in [0.29, 0.717) is 6.07 Å². The van der Waals surface area contributed by atoms with E-state index in [1.165, 1.54) is 6.07 Å². The summed E-state index contributed by atoms with van der Waals surface area (Å²) in [7, 11) is 0. The molecule has 4 nitrogen and oxygen atoms in total. The number of fused-ring (bicyclic) bond motifs is 2. The molecule has 2 aliphatic heterocycles.